The Hall–Kier alpha value is -3.42. The normalized spacial score (nSPS) is 14.7. The molecule has 33 heavy (non-hydrogen) atoms. The van der Waals surface area contributed by atoms with Crippen molar-refractivity contribution in [1.29, 1.82) is 0 Å². The molecule has 1 aliphatic heterocycles. The fraction of sp³-hybridized carbons (Fsp3) is 0.0800. The Balaban J connectivity index is 1.48. The van der Waals surface area contributed by atoms with Gasteiger partial charge < -0.3 is 4.74 Å². The molecule has 8 heteroatoms. The maximum absolute atomic E-state index is 13.1. The number of ketones is 1. The van der Waals surface area contributed by atoms with Crippen LogP contribution in [0.4, 0.5) is 9.18 Å². The van der Waals surface area contributed by atoms with Crippen LogP contribution in [0.25, 0.3) is 6.08 Å². The molecule has 0 N–H and O–H groups in total. The lowest BCUT2D eigenvalue weighted by Crippen LogP contribution is -2.33. The number of benzene rings is 3. The maximum atomic E-state index is 13.1. The van der Waals surface area contributed by atoms with Gasteiger partial charge in [-0.3, -0.25) is 19.3 Å². The number of nitrogens with zero attached hydrogens (tertiary/aromatic N) is 1. The topological polar surface area (TPSA) is 63.7 Å². The van der Waals surface area contributed by atoms with E-state index in [0.717, 1.165) is 22.2 Å². The van der Waals surface area contributed by atoms with Crippen LogP contribution in [0.1, 0.15) is 21.5 Å². The molecule has 2 amide bonds. The van der Waals surface area contributed by atoms with Crippen LogP contribution in [-0.2, 0) is 11.4 Å². The molecular weight excluding hydrogens is 465 g/mol. The minimum Gasteiger partial charge on any atom is -0.488 e. The Kier molecular flexibility index (Phi) is 6.91. The lowest BCUT2D eigenvalue weighted by atomic mass is 10.1. The molecule has 5 nitrogen and oxygen atoms in total. The SMILES string of the molecule is O=C(CN1C(=O)S/C(=C\c2ccccc2OCc2ccc(F)cc2)C1=O)c1ccc(Cl)cc1. The highest BCUT2D eigenvalue weighted by atomic mass is 35.5. The van der Waals surface area contributed by atoms with Crippen LogP contribution in [0.3, 0.4) is 0 Å². The Morgan fingerprint density at radius 2 is 1.70 bits per heavy atom. The van der Waals surface area contributed by atoms with Crippen molar-refractivity contribution in [2.24, 2.45) is 0 Å². The first-order valence-electron chi connectivity index (χ1n) is 9.91. The Bertz CT molecular complexity index is 1240. The summed E-state index contributed by atoms with van der Waals surface area (Å²) in [5.74, 6) is -0.728. The van der Waals surface area contributed by atoms with E-state index in [0.29, 0.717) is 21.9 Å². The number of Topliss-reactive ketones (excluding diaryl/α,β-unsaturated/α-hetero) is 1. The zero-order valence-corrected chi connectivity index (χ0v) is 18.7. The van der Waals surface area contributed by atoms with Crippen molar-refractivity contribution in [2.75, 3.05) is 6.54 Å². The summed E-state index contributed by atoms with van der Waals surface area (Å²) >= 11 is 6.61. The summed E-state index contributed by atoms with van der Waals surface area (Å²) in [5.41, 5.74) is 1.75. The molecule has 4 rings (SSSR count). The summed E-state index contributed by atoms with van der Waals surface area (Å²) < 4.78 is 18.9. The van der Waals surface area contributed by atoms with Gasteiger partial charge in [-0.05, 0) is 65.9 Å². The van der Waals surface area contributed by atoms with Crippen LogP contribution < -0.4 is 4.74 Å². The second-order valence-electron chi connectivity index (χ2n) is 7.15. The van der Waals surface area contributed by atoms with Gasteiger partial charge in [0.25, 0.3) is 11.1 Å². The summed E-state index contributed by atoms with van der Waals surface area (Å²) in [6.45, 7) is -0.144. The maximum Gasteiger partial charge on any atom is 0.293 e. The molecule has 0 aliphatic carbocycles. The quantitative estimate of drug-likeness (QED) is 0.307. The number of rotatable bonds is 7. The van der Waals surface area contributed by atoms with Crippen LogP contribution in [0, 0.1) is 5.82 Å². The number of para-hydroxylation sites is 1. The molecule has 3 aromatic carbocycles. The van der Waals surface area contributed by atoms with E-state index in [1.54, 1.807) is 66.7 Å². The number of carbonyl (C=O) groups is 3. The molecule has 1 saturated heterocycles. The van der Waals surface area contributed by atoms with E-state index in [2.05, 4.69) is 0 Å². The summed E-state index contributed by atoms with van der Waals surface area (Å²) in [7, 11) is 0. The monoisotopic (exact) mass is 481 g/mol. The third kappa shape index (κ3) is 5.50. The molecule has 1 aliphatic rings. The molecule has 1 heterocycles. The lowest BCUT2D eigenvalue weighted by Gasteiger charge is -2.12. The Morgan fingerprint density at radius 1 is 1.00 bits per heavy atom. The molecule has 0 saturated carbocycles. The van der Waals surface area contributed by atoms with Crippen molar-refractivity contribution < 1.29 is 23.5 Å². The molecular formula is C25H17ClFNO4S. The van der Waals surface area contributed by atoms with Crippen LogP contribution in [0.15, 0.2) is 77.7 Å². The third-order valence-corrected chi connectivity index (χ3v) is 6.01. The largest absolute Gasteiger partial charge is 0.488 e. The minimum absolute atomic E-state index is 0.196. The molecule has 0 unspecified atom stereocenters. The first kappa shape index (κ1) is 22.8. The van der Waals surface area contributed by atoms with Crippen molar-refractivity contribution in [2.45, 2.75) is 6.61 Å². The number of hydrogen-bond acceptors (Lipinski definition) is 5. The number of carbonyl (C=O) groups excluding carboxylic acids is 3. The highest BCUT2D eigenvalue weighted by molar-refractivity contribution is 8.18. The highest BCUT2D eigenvalue weighted by Crippen LogP contribution is 2.34. The number of halogens is 2. The van der Waals surface area contributed by atoms with E-state index in [-0.39, 0.29) is 29.7 Å². The lowest BCUT2D eigenvalue weighted by molar-refractivity contribution is -0.122. The van der Waals surface area contributed by atoms with E-state index >= 15 is 0 Å². The smallest absolute Gasteiger partial charge is 0.293 e. The predicted octanol–water partition coefficient (Wildman–Crippen LogP) is 5.98. The molecule has 166 valence electrons. The second-order valence-corrected chi connectivity index (χ2v) is 8.58. The molecule has 0 bridgehead atoms. The first-order valence-corrected chi connectivity index (χ1v) is 11.1. The average molecular weight is 482 g/mol. The van der Waals surface area contributed by atoms with E-state index in [4.69, 9.17) is 16.3 Å². The van der Waals surface area contributed by atoms with Gasteiger partial charge in [-0.1, -0.05) is 41.9 Å². The van der Waals surface area contributed by atoms with Crippen molar-refractivity contribution in [1.82, 2.24) is 4.90 Å². The standard InChI is InChI=1S/C25H17ClFNO4S/c26-19-9-7-17(8-10-19)21(29)14-28-24(30)23(33-25(28)31)13-18-3-1-2-4-22(18)32-15-16-5-11-20(27)12-6-16/h1-13H,14-15H2/b23-13-. The van der Waals surface area contributed by atoms with Gasteiger partial charge in [-0.25, -0.2) is 4.39 Å². The van der Waals surface area contributed by atoms with Crippen molar-refractivity contribution in [3.8, 4) is 5.75 Å². The van der Waals surface area contributed by atoms with Gasteiger partial charge in [-0.2, -0.15) is 0 Å². The summed E-state index contributed by atoms with van der Waals surface area (Å²) in [6, 6.07) is 19.3. The van der Waals surface area contributed by atoms with Crippen LogP contribution in [-0.4, -0.2) is 28.4 Å². The fourth-order valence-electron chi connectivity index (χ4n) is 3.12. The number of imide groups is 1. The zero-order valence-electron chi connectivity index (χ0n) is 17.2. The van der Waals surface area contributed by atoms with E-state index in [1.165, 1.54) is 12.1 Å². The summed E-state index contributed by atoms with van der Waals surface area (Å²) in [4.78, 5) is 38.9. The molecule has 0 aromatic heterocycles. The van der Waals surface area contributed by atoms with Gasteiger partial charge in [0.1, 0.15) is 18.2 Å². The number of amides is 2. The zero-order chi connectivity index (χ0) is 23.4. The van der Waals surface area contributed by atoms with E-state index in [9.17, 15) is 18.8 Å². The van der Waals surface area contributed by atoms with Crippen molar-refractivity contribution in [3.05, 3.63) is 105 Å². The van der Waals surface area contributed by atoms with Crippen molar-refractivity contribution >= 4 is 46.4 Å². The molecule has 1 fully saturated rings. The third-order valence-electron chi connectivity index (χ3n) is 4.85. The van der Waals surface area contributed by atoms with Crippen molar-refractivity contribution in [3.63, 3.8) is 0 Å². The second kappa shape index (κ2) is 10.0. The summed E-state index contributed by atoms with van der Waals surface area (Å²) in [5, 5.41) is -0.0285. The molecule has 0 spiro atoms. The van der Waals surface area contributed by atoms with Gasteiger partial charge in [-0.15, -0.1) is 0 Å². The minimum atomic E-state index is -0.541. The number of thioether (sulfide) groups is 1. The highest BCUT2D eigenvalue weighted by Gasteiger charge is 2.36. The van der Waals surface area contributed by atoms with E-state index < -0.39 is 11.1 Å². The molecule has 0 atom stereocenters. The average Bonchev–Trinajstić information content (AvgIpc) is 3.07. The number of ether oxygens (including phenoxy) is 1. The van der Waals surface area contributed by atoms with E-state index in [1.807, 2.05) is 0 Å². The van der Waals surface area contributed by atoms with Gasteiger partial charge >= 0.3 is 0 Å². The van der Waals surface area contributed by atoms with Gasteiger partial charge in [0.15, 0.2) is 5.78 Å². The Labute approximate surface area is 198 Å². The van der Waals surface area contributed by atoms with Crippen LogP contribution in [0.2, 0.25) is 5.02 Å². The number of hydrogen-bond donors (Lipinski definition) is 0. The predicted molar refractivity (Wildman–Crippen MR) is 126 cm³/mol. The summed E-state index contributed by atoms with van der Waals surface area (Å²) in [6.07, 6.45) is 1.57. The first-order chi connectivity index (χ1) is 15.9. The molecule has 0 radical (unpaired) electrons. The fourth-order valence-corrected chi connectivity index (χ4v) is 4.08. The van der Waals surface area contributed by atoms with Gasteiger partial charge in [0, 0.05) is 16.1 Å². The molecule has 3 aromatic rings. The van der Waals surface area contributed by atoms with Crippen LogP contribution >= 0.6 is 23.4 Å². The van der Waals surface area contributed by atoms with Crippen LogP contribution in [0.5, 0.6) is 5.75 Å². The Morgan fingerprint density at radius 3 is 2.42 bits per heavy atom. The van der Waals surface area contributed by atoms with Gasteiger partial charge in [0.05, 0.1) is 11.4 Å². The van der Waals surface area contributed by atoms with Gasteiger partial charge in [0.2, 0.25) is 0 Å².